The molecule has 1 aliphatic heterocycles. The summed E-state index contributed by atoms with van der Waals surface area (Å²) < 4.78 is 16.1. The van der Waals surface area contributed by atoms with Crippen LogP contribution < -0.4 is 14.2 Å². The van der Waals surface area contributed by atoms with E-state index in [9.17, 15) is 9.90 Å². The zero-order valence-electron chi connectivity index (χ0n) is 19.9. The molecule has 184 valence electrons. The van der Waals surface area contributed by atoms with Gasteiger partial charge in [0.05, 0.1) is 33.1 Å². The van der Waals surface area contributed by atoms with E-state index < -0.39 is 6.04 Å². The molecule has 8 nitrogen and oxygen atoms in total. The maximum Gasteiger partial charge on any atom is 0.273 e. The van der Waals surface area contributed by atoms with Crippen LogP contribution in [0.1, 0.15) is 33.2 Å². The highest BCUT2D eigenvalue weighted by Gasteiger charge is 2.42. The van der Waals surface area contributed by atoms with E-state index in [0.29, 0.717) is 28.5 Å². The minimum absolute atomic E-state index is 0.111. The number of methoxy groups -OCH3 is 3. The SMILES string of the molecule is COc1ccc(-c2n[nH]c3c2C(c2cc(OC)c(O)c(OC)c2)N(Cc2ccc(Cl)cc2)C3=O)cc1. The lowest BCUT2D eigenvalue weighted by Crippen LogP contribution is -2.29. The van der Waals surface area contributed by atoms with Crippen molar-refractivity contribution < 1.29 is 24.1 Å². The molecule has 0 saturated carbocycles. The summed E-state index contributed by atoms with van der Waals surface area (Å²) in [6.07, 6.45) is 0. The van der Waals surface area contributed by atoms with E-state index in [0.717, 1.165) is 22.4 Å². The van der Waals surface area contributed by atoms with Crippen LogP contribution in [0.2, 0.25) is 5.02 Å². The van der Waals surface area contributed by atoms with Crippen molar-refractivity contribution in [2.24, 2.45) is 0 Å². The first-order chi connectivity index (χ1) is 17.4. The topological polar surface area (TPSA) is 96.9 Å². The number of aromatic amines is 1. The van der Waals surface area contributed by atoms with Gasteiger partial charge < -0.3 is 24.2 Å². The average Bonchev–Trinajstić information content (AvgIpc) is 3.44. The Bertz CT molecular complexity index is 1390. The van der Waals surface area contributed by atoms with Gasteiger partial charge in [-0.2, -0.15) is 5.10 Å². The van der Waals surface area contributed by atoms with E-state index >= 15 is 0 Å². The number of amides is 1. The molecule has 5 rings (SSSR count). The van der Waals surface area contributed by atoms with Crippen molar-refractivity contribution in [3.8, 4) is 34.3 Å². The highest BCUT2D eigenvalue weighted by atomic mass is 35.5. The first kappa shape index (κ1) is 23.6. The Hall–Kier alpha value is -4.17. The van der Waals surface area contributed by atoms with Gasteiger partial charge in [-0.05, 0) is 59.7 Å². The Morgan fingerprint density at radius 3 is 2.19 bits per heavy atom. The molecular formula is C27H24ClN3O5. The van der Waals surface area contributed by atoms with Gasteiger partial charge in [0.1, 0.15) is 11.4 Å². The number of halogens is 1. The van der Waals surface area contributed by atoms with E-state index in [2.05, 4.69) is 10.2 Å². The second kappa shape index (κ2) is 9.47. The van der Waals surface area contributed by atoms with Gasteiger partial charge in [-0.3, -0.25) is 9.89 Å². The summed E-state index contributed by atoms with van der Waals surface area (Å²) in [5.74, 6) is 0.900. The van der Waals surface area contributed by atoms with Crippen molar-refractivity contribution in [3.05, 3.63) is 88.1 Å². The predicted molar refractivity (Wildman–Crippen MR) is 135 cm³/mol. The Kier molecular flexibility index (Phi) is 6.20. The van der Waals surface area contributed by atoms with E-state index in [1.54, 1.807) is 36.3 Å². The maximum atomic E-state index is 13.7. The number of phenols is 1. The van der Waals surface area contributed by atoms with Crippen LogP contribution in [0.4, 0.5) is 0 Å². The Morgan fingerprint density at radius 1 is 0.972 bits per heavy atom. The lowest BCUT2D eigenvalue weighted by molar-refractivity contribution is 0.0729. The fourth-order valence-corrected chi connectivity index (χ4v) is 4.66. The van der Waals surface area contributed by atoms with Crippen molar-refractivity contribution in [2.75, 3.05) is 21.3 Å². The predicted octanol–water partition coefficient (Wildman–Crippen LogP) is 5.21. The number of rotatable bonds is 7. The molecule has 2 N–H and O–H groups in total. The zero-order valence-corrected chi connectivity index (χ0v) is 20.7. The number of aromatic hydroxyl groups is 1. The molecule has 0 saturated heterocycles. The van der Waals surface area contributed by atoms with Crippen molar-refractivity contribution in [3.63, 3.8) is 0 Å². The molecule has 1 aliphatic rings. The molecular weight excluding hydrogens is 482 g/mol. The van der Waals surface area contributed by atoms with Gasteiger partial charge in [0, 0.05) is 22.7 Å². The Labute approximate surface area is 213 Å². The van der Waals surface area contributed by atoms with E-state index in [1.165, 1.54) is 14.2 Å². The zero-order chi connectivity index (χ0) is 25.4. The summed E-state index contributed by atoms with van der Waals surface area (Å²) in [5, 5.41) is 18.6. The number of nitrogens with one attached hydrogen (secondary N) is 1. The van der Waals surface area contributed by atoms with Crippen LogP contribution in [0, 0.1) is 0 Å². The Morgan fingerprint density at radius 2 is 1.61 bits per heavy atom. The summed E-state index contributed by atoms with van der Waals surface area (Å²) in [6.45, 7) is 0.330. The van der Waals surface area contributed by atoms with Crippen molar-refractivity contribution >= 4 is 17.5 Å². The number of ether oxygens (including phenoxy) is 3. The third kappa shape index (κ3) is 3.99. The van der Waals surface area contributed by atoms with Crippen molar-refractivity contribution in [2.45, 2.75) is 12.6 Å². The van der Waals surface area contributed by atoms with Crippen molar-refractivity contribution in [1.82, 2.24) is 15.1 Å². The molecule has 9 heteroatoms. The number of H-pyrrole nitrogens is 1. The minimum Gasteiger partial charge on any atom is -0.502 e. The molecule has 0 spiro atoms. The lowest BCUT2D eigenvalue weighted by Gasteiger charge is -2.27. The fourth-order valence-electron chi connectivity index (χ4n) is 4.53. The van der Waals surface area contributed by atoms with Gasteiger partial charge in [0.2, 0.25) is 5.75 Å². The number of fused-ring (bicyclic) bond motifs is 1. The highest BCUT2D eigenvalue weighted by molar-refractivity contribution is 6.30. The second-order valence-electron chi connectivity index (χ2n) is 8.33. The number of carbonyl (C=O) groups excluding carboxylic acids is 1. The van der Waals surface area contributed by atoms with Crippen LogP contribution in [-0.4, -0.2) is 47.4 Å². The molecule has 1 unspecified atom stereocenters. The Balaban J connectivity index is 1.68. The second-order valence-corrected chi connectivity index (χ2v) is 8.76. The largest absolute Gasteiger partial charge is 0.502 e. The van der Waals surface area contributed by atoms with E-state index in [-0.39, 0.29) is 23.2 Å². The number of aromatic nitrogens is 2. The lowest BCUT2D eigenvalue weighted by atomic mass is 9.95. The molecule has 36 heavy (non-hydrogen) atoms. The van der Waals surface area contributed by atoms with Gasteiger partial charge in [-0.15, -0.1) is 0 Å². The molecule has 1 amide bonds. The molecule has 0 fully saturated rings. The summed E-state index contributed by atoms with van der Waals surface area (Å²) in [7, 11) is 4.54. The van der Waals surface area contributed by atoms with Crippen LogP contribution >= 0.6 is 11.6 Å². The van der Waals surface area contributed by atoms with Gasteiger partial charge in [-0.1, -0.05) is 23.7 Å². The van der Waals surface area contributed by atoms with Crippen LogP contribution in [0.15, 0.2) is 60.7 Å². The van der Waals surface area contributed by atoms with E-state index in [4.69, 9.17) is 25.8 Å². The van der Waals surface area contributed by atoms with Crippen molar-refractivity contribution in [1.29, 1.82) is 0 Å². The van der Waals surface area contributed by atoms with Crippen LogP contribution in [0.3, 0.4) is 0 Å². The number of benzene rings is 3. The smallest absolute Gasteiger partial charge is 0.273 e. The summed E-state index contributed by atoms with van der Waals surface area (Å²) in [4.78, 5) is 15.4. The molecule has 2 heterocycles. The molecule has 1 aromatic heterocycles. The molecule has 1 atom stereocenters. The molecule has 3 aromatic carbocycles. The minimum atomic E-state index is -0.526. The molecule has 0 aliphatic carbocycles. The monoisotopic (exact) mass is 505 g/mol. The molecule has 0 radical (unpaired) electrons. The number of hydrogen-bond donors (Lipinski definition) is 2. The third-order valence-electron chi connectivity index (χ3n) is 6.31. The quantitative estimate of drug-likeness (QED) is 0.358. The van der Waals surface area contributed by atoms with Gasteiger partial charge in [-0.25, -0.2) is 0 Å². The van der Waals surface area contributed by atoms with Gasteiger partial charge >= 0.3 is 0 Å². The number of hydrogen-bond acceptors (Lipinski definition) is 6. The maximum absolute atomic E-state index is 13.7. The normalized spacial score (nSPS) is 14.6. The number of carbonyl (C=O) groups is 1. The van der Waals surface area contributed by atoms with Crippen LogP contribution in [0.5, 0.6) is 23.0 Å². The van der Waals surface area contributed by atoms with Gasteiger partial charge in [0.25, 0.3) is 5.91 Å². The number of phenolic OH excluding ortho intramolecular Hbond substituents is 1. The fraction of sp³-hybridized carbons (Fsp3) is 0.185. The highest BCUT2D eigenvalue weighted by Crippen LogP contribution is 2.47. The molecule has 4 aromatic rings. The summed E-state index contributed by atoms with van der Waals surface area (Å²) in [5.41, 5.74) is 4.24. The first-order valence-electron chi connectivity index (χ1n) is 11.2. The van der Waals surface area contributed by atoms with Crippen LogP contribution in [0.25, 0.3) is 11.3 Å². The first-order valence-corrected chi connectivity index (χ1v) is 11.6. The summed E-state index contributed by atoms with van der Waals surface area (Å²) in [6, 6.07) is 17.8. The standard InChI is InChI=1S/C27H24ClN3O5/c1-34-19-10-6-16(7-11-19)23-22-24(30-29-23)27(33)31(14-15-4-8-18(28)9-5-15)25(22)17-12-20(35-2)26(32)21(13-17)36-3/h4-13,25,32H,14H2,1-3H3,(H,29,30). The van der Waals surface area contributed by atoms with Crippen LogP contribution in [-0.2, 0) is 6.54 Å². The van der Waals surface area contributed by atoms with E-state index in [1.807, 2.05) is 36.4 Å². The molecule has 0 bridgehead atoms. The van der Waals surface area contributed by atoms with Gasteiger partial charge in [0.15, 0.2) is 11.5 Å². The third-order valence-corrected chi connectivity index (χ3v) is 6.56. The summed E-state index contributed by atoms with van der Waals surface area (Å²) >= 11 is 6.07. The number of nitrogens with zero attached hydrogens (tertiary/aromatic N) is 2. The average molecular weight is 506 g/mol.